The van der Waals surface area contributed by atoms with Gasteiger partial charge in [-0.1, -0.05) is 0 Å². The van der Waals surface area contributed by atoms with Crippen molar-refractivity contribution in [2.24, 2.45) is 0 Å². The Labute approximate surface area is 78.0 Å². The second kappa shape index (κ2) is 9.04. The molecule has 0 rings (SSSR count). The van der Waals surface area contributed by atoms with Crippen LogP contribution in [0, 0.1) is 22.7 Å². The van der Waals surface area contributed by atoms with E-state index >= 15 is 0 Å². The van der Waals surface area contributed by atoms with Gasteiger partial charge in [0.1, 0.15) is 0 Å². The second-order valence-electron chi connectivity index (χ2n) is 0.602. The third kappa shape index (κ3) is 367. The average Bonchev–Trinajstić information content (AvgIpc) is 1.61. The van der Waals surface area contributed by atoms with Gasteiger partial charge in [-0.05, 0) is 0 Å². The zero-order valence-electron chi connectivity index (χ0n) is 3.88. The Hall–Kier alpha value is 0.0425. The molecule has 8 heteroatoms. The van der Waals surface area contributed by atoms with Crippen LogP contribution >= 0.6 is 21.4 Å². The lowest BCUT2D eigenvalue weighted by atomic mass is 10.9. The molecule has 0 atom stereocenters. The van der Waals surface area contributed by atoms with Crippen LogP contribution in [-0.4, -0.2) is 25.8 Å². The van der Waals surface area contributed by atoms with E-state index in [2.05, 4.69) is 21.4 Å². The van der Waals surface area contributed by atoms with Crippen molar-refractivity contribution in [1.29, 1.82) is 10.5 Å². The molecule has 0 aromatic rings. The van der Waals surface area contributed by atoms with Crippen molar-refractivity contribution in [1.82, 2.24) is 0 Å². The van der Waals surface area contributed by atoms with Gasteiger partial charge in [0, 0.05) is 21.4 Å². The number of hydrogen-bond acceptors (Lipinski definition) is 4. The molecule has 0 N–H and O–H groups in total. The molecule has 0 aromatic heterocycles. The lowest BCUT2D eigenvalue weighted by molar-refractivity contribution is 0.621. The molecule has 0 heterocycles. The van der Waals surface area contributed by atoms with E-state index in [0.29, 0.717) is 0 Å². The number of hydrogen-bond donors (Lipinski definition) is 0. The zero-order chi connectivity index (χ0) is 7.91. The molecule has 0 saturated carbocycles. The summed E-state index contributed by atoms with van der Waals surface area (Å²) in [5.74, 6) is 0. The highest BCUT2D eigenvalue weighted by Crippen LogP contribution is 1.98. The van der Waals surface area contributed by atoms with E-state index in [9.17, 15) is 0 Å². The van der Waals surface area contributed by atoms with Gasteiger partial charge >= 0.3 is 8.26 Å². The minimum atomic E-state index is -3.72. The number of rotatable bonds is 0. The Kier molecular flexibility index (Phi) is 15.0. The van der Waals surface area contributed by atoms with Crippen LogP contribution in [-0.2, 0) is 8.26 Å². The molecule has 0 fully saturated rings. The SMILES string of the molecule is N#CC#N.O=S(=O)(Cl)Cl.[AlH3]. The highest BCUT2D eigenvalue weighted by molar-refractivity contribution is 8.31. The highest BCUT2D eigenvalue weighted by atomic mass is 36.0. The topological polar surface area (TPSA) is 81.7 Å². The third-order valence-corrected chi connectivity index (χ3v) is 0.0500. The van der Waals surface area contributed by atoms with Crippen LogP contribution in [0.5, 0.6) is 0 Å². The van der Waals surface area contributed by atoms with Gasteiger partial charge in [-0.25, -0.2) is 0 Å². The predicted octanol–water partition coefficient (Wildman–Crippen LogP) is -0.442. The molecule has 0 saturated heterocycles. The first-order valence-electron chi connectivity index (χ1n) is 1.34. The molecule has 0 aliphatic carbocycles. The molecule has 4 nitrogen and oxygen atoms in total. The normalized spacial score (nSPS) is 6.80. The summed E-state index contributed by atoms with van der Waals surface area (Å²) in [6.07, 6.45) is 0. The monoisotopic (exact) mass is 216 g/mol. The van der Waals surface area contributed by atoms with Crippen molar-refractivity contribution in [3.8, 4) is 12.1 Å². The number of nitriles is 2. The summed E-state index contributed by atoms with van der Waals surface area (Å²) in [6.45, 7) is 0. The first kappa shape index (κ1) is 16.6. The smallest absolute Gasteiger partial charge is 0.195 e. The van der Waals surface area contributed by atoms with Gasteiger partial charge in [0.15, 0.2) is 29.5 Å². The summed E-state index contributed by atoms with van der Waals surface area (Å²) in [6, 6.07) is 2.47. The summed E-state index contributed by atoms with van der Waals surface area (Å²) in [7, 11) is 4.81. The maximum atomic E-state index is 9.16. The van der Waals surface area contributed by atoms with Gasteiger partial charge in [-0.2, -0.15) is 18.9 Å². The molecule has 0 unspecified atom stereocenters. The number of halogens is 2. The summed E-state index contributed by atoms with van der Waals surface area (Å²) in [4.78, 5) is 0. The minimum absolute atomic E-state index is 0. The van der Waals surface area contributed by atoms with E-state index in [1.54, 1.807) is 0 Å². The van der Waals surface area contributed by atoms with Gasteiger partial charge in [-0.15, -0.1) is 0 Å². The highest BCUT2D eigenvalue weighted by Gasteiger charge is 1.88. The minimum Gasteiger partial charge on any atom is -0.195 e. The van der Waals surface area contributed by atoms with Crippen LogP contribution in [0.4, 0.5) is 0 Å². The van der Waals surface area contributed by atoms with Crippen molar-refractivity contribution in [2.45, 2.75) is 0 Å². The molecule has 0 radical (unpaired) electrons. The van der Waals surface area contributed by atoms with Crippen LogP contribution in [0.15, 0.2) is 0 Å². The van der Waals surface area contributed by atoms with Crippen LogP contribution in [0.3, 0.4) is 0 Å². The van der Waals surface area contributed by atoms with Gasteiger partial charge in [0.2, 0.25) is 0 Å². The van der Waals surface area contributed by atoms with Crippen LogP contribution in [0.1, 0.15) is 0 Å². The molecule has 0 bridgehead atoms. The summed E-state index contributed by atoms with van der Waals surface area (Å²) in [5.41, 5.74) is 0. The molecule has 0 spiro atoms. The molecule has 56 valence electrons. The Morgan fingerprint density at radius 2 is 1.20 bits per heavy atom. The standard InChI is InChI=1S/C2N2.Al.Cl2O2S.3H/c3-1-2-4;;1-5(2,3)4;;;. The van der Waals surface area contributed by atoms with Crippen LogP contribution in [0.2, 0.25) is 0 Å². The van der Waals surface area contributed by atoms with E-state index in [1.807, 2.05) is 0 Å². The van der Waals surface area contributed by atoms with Crippen LogP contribution in [0.25, 0.3) is 0 Å². The van der Waals surface area contributed by atoms with Crippen molar-refractivity contribution >= 4 is 47.0 Å². The maximum absolute atomic E-state index is 9.16. The Morgan fingerprint density at radius 1 is 1.10 bits per heavy atom. The van der Waals surface area contributed by atoms with Crippen LogP contribution < -0.4 is 0 Å². The Balaban J connectivity index is -0.0000000910. The van der Waals surface area contributed by atoms with Gasteiger partial charge < -0.3 is 0 Å². The zero-order valence-corrected chi connectivity index (χ0v) is 6.20. The van der Waals surface area contributed by atoms with E-state index in [0.717, 1.165) is 0 Å². The predicted molar refractivity (Wildman–Crippen MR) is 41.8 cm³/mol. The summed E-state index contributed by atoms with van der Waals surface area (Å²) < 4.78 is 18.3. The fraction of sp³-hybridized carbons (Fsp3) is 0. The third-order valence-electron chi connectivity index (χ3n) is 0.0500. The van der Waals surface area contributed by atoms with E-state index in [4.69, 9.17) is 18.9 Å². The van der Waals surface area contributed by atoms with Gasteiger partial charge in [0.05, 0.1) is 0 Å². The number of nitrogens with zero attached hydrogens (tertiary/aromatic N) is 2. The van der Waals surface area contributed by atoms with Gasteiger partial charge in [0.25, 0.3) is 0 Å². The van der Waals surface area contributed by atoms with Crippen molar-refractivity contribution in [3.05, 3.63) is 0 Å². The molecule has 0 aliphatic heterocycles. The van der Waals surface area contributed by atoms with Crippen molar-refractivity contribution in [2.75, 3.05) is 0 Å². The molecular weight excluding hydrogens is 214 g/mol. The first-order valence-corrected chi connectivity index (χ1v) is 4.47. The molecule has 0 aromatic carbocycles. The average molecular weight is 217 g/mol. The van der Waals surface area contributed by atoms with Crippen molar-refractivity contribution < 1.29 is 8.42 Å². The fourth-order valence-electron chi connectivity index (χ4n) is 0. The Bertz CT molecular complexity index is 217. The molecule has 10 heavy (non-hydrogen) atoms. The van der Waals surface area contributed by atoms with Crippen molar-refractivity contribution in [3.63, 3.8) is 0 Å². The largest absolute Gasteiger partial charge is 0.317 e. The quantitative estimate of drug-likeness (QED) is 0.406. The maximum Gasteiger partial charge on any atom is 0.317 e. The fourth-order valence-corrected chi connectivity index (χ4v) is 0. The second-order valence-corrected chi connectivity index (χ2v) is 4.27. The van der Waals surface area contributed by atoms with E-state index in [1.165, 1.54) is 12.1 Å². The molecular formula is C2H3AlCl2N2O2S. The Morgan fingerprint density at radius 3 is 1.20 bits per heavy atom. The van der Waals surface area contributed by atoms with E-state index in [-0.39, 0.29) is 17.4 Å². The lowest BCUT2D eigenvalue weighted by Gasteiger charge is -1.61. The van der Waals surface area contributed by atoms with E-state index < -0.39 is 8.26 Å². The lowest BCUT2D eigenvalue weighted by Crippen LogP contribution is -1.63. The van der Waals surface area contributed by atoms with Gasteiger partial charge in [-0.3, -0.25) is 0 Å². The molecule has 0 aliphatic rings. The summed E-state index contributed by atoms with van der Waals surface area (Å²) >= 11 is 0. The molecule has 0 amide bonds. The summed E-state index contributed by atoms with van der Waals surface area (Å²) in [5, 5.41) is 14.5. The first-order chi connectivity index (χ1) is 3.91.